The third kappa shape index (κ3) is 4.44. The molecule has 7 heteroatoms. The second kappa shape index (κ2) is 8.20. The van der Waals surface area contributed by atoms with Gasteiger partial charge in [-0.1, -0.05) is 30.7 Å². The molecule has 0 aliphatic carbocycles. The lowest BCUT2D eigenvalue weighted by Gasteiger charge is -2.21. The zero-order chi connectivity index (χ0) is 19.5. The van der Waals surface area contributed by atoms with E-state index in [1.807, 2.05) is 19.1 Å². The number of sulfonamides is 1. The Labute approximate surface area is 160 Å². The van der Waals surface area contributed by atoms with Crippen molar-refractivity contribution in [3.63, 3.8) is 0 Å². The predicted molar refractivity (Wildman–Crippen MR) is 105 cm³/mol. The molecule has 2 aromatic rings. The number of benzene rings is 2. The van der Waals surface area contributed by atoms with Crippen molar-refractivity contribution in [1.29, 1.82) is 0 Å². The fourth-order valence-electron chi connectivity index (χ4n) is 2.30. The van der Waals surface area contributed by atoms with E-state index < -0.39 is 15.9 Å². The summed E-state index contributed by atoms with van der Waals surface area (Å²) in [4.78, 5) is 12.6. The fraction of sp³-hybridized carbons (Fsp3) is 0.316. The monoisotopic (exact) mass is 394 g/mol. The van der Waals surface area contributed by atoms with Crippen LogP contribution in [-0.4, -0.2) is 31.7 Å². The molecule has 0 aliphatic heterocycles. The number of halogens is 1. The molecule has 2 rings (SSSR count). The van der Waals surface area contributed by atoms with Gasteiger partial charge >= 0.3 is 0 Å². The van der Waals surface area contributed by atoms with E-state index in [1.54, 1.807) is 26.0 Å². The molecule has 0 heterocycles. The van der Waals surface area contributed by atoms with Gasteiger partial charge in [-0.25, -0.2) is 8.42 Å². The van der Waals surface area contributed by atoms with Gasteiger partial charge in [0.1, 0.15) is 0 Å². The summed E-state index contributed by atoms with van der Waals surface area (Å²) < 4.78 is 26.5. The van der Waals surface area contributed by atoms with Crippen molar-refractivity contribution < 1.29 is 13.2 Å². The van der Waals surface area contributed by atoms with E-state index in [1.165, 1.54) is 29.6 Å². The average molecular weight is 395 g/mol. The number of rotatable bonds is 6. The van der Waals surface area contributed by atoms with Crippen LogP contribution in [0.2, 0.25) is 5.02 Å². The Kier molecular flexibility index (Phi) is 6.44. The van der Waals surface area contributed by atoms with E-state index in [-0.39, 0.29) is 21.5 Å². The van der Waals surface area contributed by atoms with Gasteiger partial charge in [0.15, 0.2) is 0 Å². The summed E-state index contributed by atoms with van der Waals surface area (Å²) in [5.41, 5.74) is 1.89. The van der Waals surface area contributed by atoms with Gasteiger partial charge in [0, 0.05) is 18.8 Å². The van der Waals surface area contributed by atoms with Gasteiger partial charge in [-0.05, 0) is 56.2 Å². The van der Waals surface area contributed by atoms with Crippen molar-refractivity contribution in [2.75, 3.05) is 12.4 Å². The maximum Gasteiger partial charge on any atom is 0.257 e. The Balaban J connectivity index is 2.32. The minimum absolute atomic E-state index is 0.0320. The van der Waals surface area contributed by atoms with E-state index in [0.717, 1.165) is 12.0 Å². The summed E-state index contributed by atoms with van der Waals surface area (Å²) in [6, 6.07) is 11.4. The molecule has 0 spiro atoms. The van der Waals surface area contributed by atoms with Gasteiger partial charge in [-0.3, -0.25) is 4.79 Å². The van der Waals surface area contributed by atoms with Gasteiger partial charge in [0.2, 0.25) is 10.0 Å². The molecule has 26 heavy (non-hydrogen) atoms. The smallest absolute Gasteiger partial charge is 0.257 e. The molecule has 0 saturated heterocycles. The zero-order valence-corrected chi connectivity index (χ0v) is 16.9. The highest BCUT2D eigenvalue weighted by Crippen LogP contribution is 2.24. The third-order valence-electron chi connectivity index (χ3n) is 4.21. The number of amides is 1. The number of aryl methyl sites for hydroxylation is 1. The summed E-state index contributed by atoms with van der Waals surface area (Å²) in [5, 5.41) is 2.94. The van der Waals surface area contributed by atoms with Crippen molar-refractivity contribution in [2.24, 2.45) is 0 Å². The molecule has 0 radical (unpaired) electrons. The highest BCUT2D eigenvalue weighted by atomic mass is 35.5. The summed E-state index contributed by atoms with van der Waals surface area (Å²) in [7, 11) is -2.19. The number of carbonyl (C=O) groups is 1. The number of nitrogens with one attached hydrogen (secondary N) is 1. The Bertz CT molecular complexity index is 894. The first-order chi connectivity index (χ1) is 12.2. The van der Waals surface area contributed by atoms with Crippen molar-refractivity contribution >= 4 is 33.2 Å². The molecule has 0 atom stereocenters. The largest absolute Gasteiger partial charge is 0.322 e. The van der Waals surface area contributed by atoms with Crippen LogP contribution in [0.5, 0.6) is 0 Å². The average Bonchev–Trinajstić information content (AvgIpc) is 2.61. The summed E-state index contributed by atoms with van der Waals surface area (Å²) in [6.07, 6.45) is 0.906. The minimum atomic E-state index is -3.70. The van der Waals surface area contributed by atoms with Crippen LogP contribution in [0, 0.1) is 0 Å². The molecule has 1 N–H and O–H groups in total. The number of nitrogens with zero attached hydrogens (tertiary/aromatic N) is 1. The first-order valence-electron chi connectivity index (χ1n) is 8.34. The van der Waals surface area contributed by atoms with Gasteiger partial charge in [0.05, 0.1) is 15.5 Å². The van der Waals surface area contributed by atoms with Crippen LogP contribution in [0.25, 0.3) is 0 Å². The van der Waals surface area contributed by atoms with Crippen LogP contribution in [0.15, 0.2) is 47.4 Å². The summed E-state index contributed by atoms with van der Waals surface area (Å²) in [6.45, 7) is 5.61. The van der Waals surface area contributed by atoms with Crippen LogP contribution >= 0.6 is 11.6 Å². The van der Waals surface area contributed by atoms with Crippen LogP contribution in [-0.2, 0) is 16.4 Å². The SMILES string of the molecule is CCc1ccc(NC(=O)c2cc(S(=O)(=O)N(C)C(C)C)ccc2Cl)cc1. The summed E-state index contributed by atoms with van der Waals surface area (Å²) in [5.74, 6) is -0.455. The zero-order valence-electron chi connectivity index (χ0n) is 15.3. The number of hydrogen-bond donors (Lipinski definition) is 1. The van der Waals surface area contributed by atoms with E-state index in [2.05, 4.69) is 5.32 Å². The Morgan fingerprint density at radius 1 is 1.15 bits per heavy atom. The van der Waals surface area contributed by atoms with Crippen molar-refractivity contribution in [3.8, 4) is 0 Å². The molecule has 2 aromatic carbocycles. The number of anilines is 1. The fourth-order valence-corrected chi connectivity index (χ4v) is 3.90. The van der Waals surface area contributed by atoms with Crippen molar-refractivity contribution in [3.05, 3.63) is 58.6 Å². The second-order valence-electron chi connectivity index (χ2n) is 6.26. The molecular weight excluding hydrogens is 372 g/mol. The van der Waals surface area contributed by atoms with Crippen molar-refractivity contribution in [1.82, 2.24) is 4.31 Å². The highest BCUT2D eigenvalue weighted by molar-refractivity contribution is 7.89. The molecular formula is C19H23ClN2O3S. The lowest BCUT2D eigenvalue weighted by atomic mass is 10.1. The van der Waals surface area contributed by atoms with Gasteiger partial charge in [0.25, 0.3) is 5.91 Å². The quantitative estimate of drug-likeness (QED) is 0.799. The molecule has 0 bridgehead atoms. The van der Waals surface area contributed by atoms with Gasteiger partial charge in [-0.2, -0.15) is 4.31 Å². The topological polar surface area (TPSA) is 66.5 Å². The standard InChI is InChI=1S/C19H23ClN2O3S/c1-5-14-6-8-15(9-7-14)21-19(23)17-12-16(10-11-18(17)20)26(24,25)22(4)13(2)3/h6-13H,5H2,1-4H3,(H,21,23). The molecule has 1 amide bonds. The van der Waals surface area contributed by atoms with Gasteiger partial charge < -0.3 is 5.32 Å². The van der Waals surface area contributed by atoms with E-state index in [4.69, 9.17) is 11.6 Å². The lowest BCUT2D eigenvalue weighted by Crippen LogP contribution is -2.33. The molecule has 5 nitrogen and oxygen atoms in total. The lowest BCUT2D eigenvalue weighted by molar-refractivity contribution is 0.102. The van der Waals surface area contributed by atoms with Crippen molar-refractivity contribution in [2.45, 2.75) is 38.1 Å². The van der Waals surface area contributed by atoms with E-state index in [9.17, 15) is 13.2 Å². The van der Waals surface area contributed by atoms with Gasteiger partial charge in [-0.15, -0.1) is 0 Å². The molecule has 0 saturated carbocycles. The highest BCUT2D eigenvalue weighted by Gasteiger charge is 2.25. The Hall–Kier alpha value is -1.89. The first kappa shape index (κ1) is 20.4. The van der Waals surface area contributed by atoms with Crippen LogP contribution in [0.1, 0.15) is 36.7 Å². The normalized spacial score (nSPS) is 11.8. The molecule has 140 valence electrons. The van der Waals surface area contributed by atoms with E-state index >= 15 is 0 Å². The molecule has 0 fully saturated rings. The minimum Gasteiger partial charge on any atom is -0.322 e. The van der Waals surface area contributed by atoms with E-state index in [0.29, 0.717) is 5.69 Å². The van der Waals surface area contributed by atoms with Crippen LogP contribution < -0.4 is 5.32 Å². The Morgan fingerprint density at radius 3 is 2.31 bits per heavy atom. The molecule has 0 unspecified atom stereocenters. The van der Waals surface area contributed by atoms with Crippen LogP contribution in [0.3, 0.4) is 0 Å². The van der Waals surface area contributed by atoms with Crippen LogP contribution in [0.4, 0.5) is 5.69 Å². The third-order valence-corrected chi connectivity index (χ3v) is 6.57. The Morgan fingerprint density at radius 2 is 1.77 bits per heavy atom. The first-order valence-corrected chi connectivity index (χ1v) is 10.2. The predicted octanol–water partition coefficient (Wildman–Crippen LogP) is 4.18. The maximum absolute atomic E-state index is 12.6. The summed E-state index contributed by atoms with van der Waals surface area (Å²) >= 11 is 6.13. The molecule has 0 aromatic heterocycles. The number of hydrogen-bond acceptors (Lipinski definition) is 3. The maximum atomic E-state index is 12.6. The second-order valence-corrected chi connectivity index (χ2v) is 8.67. The molecule has 0 aliphatic rings. The number of carbonyl (C=O) groups excluding carboxylic acids is 1.